The van der Waals surface area contributed by atoms with E-state index in [0.29, 0.717) is 0 Å². The SMILES string of the molecule is [N-]=[N+]=NCCc1c(F)ccc(Cl)c1F. The normalized spacial score (nSPS) is 9.64. The molecule has 0 saturated carbocycles. The molecule has 0 aromatic heterocycles. The van der Waals surface area contributed by atoms with Crippen LogP contribution in [0.5, 0.6) is 0 Å². The Morgan fingerprint density at radius 2 is 2.14 bits per heavy atom. The Labute approximate surface area is 83.9 Å². The predicted octanol–water partition coefficient (Wildman–Crippen LogP) is 3.47. The number of azide groups is 1. The van der Waals surface area contributed by atoms with E-state index < -0.39 is 11.6 Å². The van der Waals surface area contributed by atoms with E-state index in [1.54, 1.807) is 0 Å². The molecule has 0 aliphatic carbocycles. The largest absolute Gasteiger partial charge is 0.207 e. The van der Waals surface area contributed by atoms with E-state index in [1.807, 2.05) is 0 Å². The van der Waals surface area contributed by atoms with Gasteiger partial charge in [0.2, 0.25) is 0 Å². The fraction of sp³-hybridized carbons (Fsp3) is 0.250. The summed E-state index contributed by atoms with van der Waals surface area (Å²) in [5, 5.41) is 3.05. The van der Waals surface area contributed by atoms with Crippen molar-refractivity contribution in [2.75, 3.05) is 6.54 Å². The molecule has 1 aromatic carbocycles. The Morgan fingerprint density at radius 3 is 2.79 bits per heavy atom. The highest BCUT2D eigenvalue weighted by Gasteiger charge is 2.11. The lowest BCUT2D eigenvalue weighted by atomic mass is 10.1. The molecule has 0 heterocycles. The molecule has 0 N–H and O–H groups in total. The van der Waals surface area contributed by atoms with Gasteiger partial charge in [-0.05, 0) is 24.1 Å². The molecular weight excluding hydrogens is 212 g/mol. The highest BCUT2D eigenvalue weighted by Crippen LogP contribution is 2.21. The van der Waals surface area contributed by atoms with Crippen LogP contribution in [0.2, 0.25) is 5.02 Å². The first-order valence-corrected chi connectivity index (χ1v) is 4.18. The van der Waals surface area contributed by atoms with Gasteiger partial charge in [0, 0.05) is 17.0 Å². The second kappa shape index (κ2) is 4.79. The van der Waals surface area contributed by atoms with Crippen LogP contribution >= 0.6 is 11.6 Å². The Hall–Kier alpha value is -1.32. The summed E-state index contributed by atoms with van der Waals surface area (Å²) in [6.07, 6.45) is 0.00227. The van der Waals surface area contributed by atoms with Crippen LogP contribution in [0.25, 0.3) is 10.4 Å². The van der Waals surface area contributed by atoms with Crippen molar-refractivity contribution in [2.45, 2.75) is 6.42 Å². The van der Waals surface area contributed by atoms with Gasteiger partial charge in [0.05, 0.1) is 5.02 Å². The minimum absolute atomic E-state index is 0.00227. The molecule has 0 aliphatic rings. The van der Waals surface area contributed by atoms with E-state index in [-0.39, 0.29) is 23.6 Å². The smallest absolute Gasteiger partial charge is 0.147 e. The predicted molar refractivity (Wildman–Crippen MR) is 49.1 cm³/mol. The third-order valence-electron chi connectivity index (χ3n) is 1.66. The zero-order valence-electron chi connectivity index (χ0n) is 7.04. The number of hydrogen-bond donors (Lipinski definition) is 0. The van der Waals surface area contributed by atoms with Crippen LogP contribution in [0.4, 0.5) is 8.78 Å². The minimum Gasteiger partial charge on any atom is -0.207 e. The zero-order chi connectivity index (χ0) is 10.6. The maximum Gasteiger partial charge on any atom is 0.147 e. The van der Waals surface area contributed by atoms with Crippen LogP contribution in [-0.2, 0) is 6.42 Å². The van der Waals surface area contributed by atoms with Crippen LogP contribution in [0, 0.1) is 11.6 Å². The average Bonchev–Trinajstić information content (AvgIpc) is 2.18. The standard InChI is InChI=1S/C8H6ClF2N3/c9-6-1-2-7(10)5(8(6)11)3-4-13-14-12/h1-2H,3-4H2. The van der Waals surface area contributed by atoms with Gasteiger partial charge in [0.25, 0.3) is 0 Å². The third kappa shape index (κ3) is 2.34. The third-order valence-corrected chi connectivity index (χ3v) is 1.96. The summed E-state index contributed by atoms with van der Waals surface area (Å²) in [7, 11) is 0. The summed E-state index contributed by atoms with van der Waals surface area (Å²) < 4.78 is 26.2. The Bertz CT molecular complexity index is 388. The summed E-state index contributed by atoms with van der Waals surface area (Å²) in [5.74, 6) is -1.47. The van der Waals surface area contributed by atoms with Crippen molar-refractivity contribution in [3.8, 4) is 0 Å². The van der Waals surface area contributed by atoms with E-state index in [1.165, 1.54) is 0 Å². The first-order valence-electron chi connectivity index (χ1n) is 3.80. The fourth-order valence-electron chi connectivity index (χ4n) is 1.00. The van der Waals surface area contributed by atoms with Gasteiger partial charge in [0.15, 0.2) is 0 Å². The first kappa shape index (κ1) is 10.8. The summed E-state index contributed by atoms with van der Waals surface area (Å²) in [5.41, 5.74) is 7.83. The van der Waals surface area contributed by atoms with E-state index in [0.717, 1.165) is 12.1 Å². The second-order valence-electron chi connectivity index (χ2n) is 2.53. The fourth-order valence-corrected chi connectivity index (χ4v) is 1.18. The highest BCUT2D eigenvalue weighted by atomic mass is 35.5. The summed E-state index contributed by atoms with van der Waals surface area (Å²) in [6.45, 7) is 0.00465. The molecule has 0 unspecified atom stereocenters. The molecule has 0 saturated heterocycles. The van der Waals surface area contributed by atoms with Gasteiger partial charge in [0.1, 0.15) is 11.6 Å². The van der Waals surface area contributed by atoms with Crippen molar-refractivity contribution >= 4 is 11.6 Å². The molecule has 74 valence electrons. The van der Waals surface area contributed by atoms with E-state index in [4.69, 9.17) is 17.1 Å². The van der Waals surface area contributed by atoms with Crippen molar-refractivity contribution in [3.63, 3.8) is 0 Å². The summed E-state index contributed by atoms with van der Waals surface area (Å²) in [6, 6.07) is 2.22. The van der Waals surface area contributed by atoms with E-state index in [9.17, 15) is 8.78 Å². The minimum atomic E-state index is -0.792. The van der Waals surface area contributed by atoms with Crippen LogP contribution in [0.15, 0.2) is 17.2 Å². The number of benzene rings is 1. The van der Waals surface area contributed by atoms with Gasteiger partial charge in [-0.3, -0.25) is 0 Å². The van der Waals surface area contributed by atoms with Gasteiger partial charge in [-0.1, -0.05) is 16.7 Å². The molecule has 6 heteroatoms. The molecule has 0 radical (unpaired) electrons. The van der Waals surface area contributed by atoms with Gasteiger partial charge in [-0.25, -0.2) is 8.78 Å². The highest BCUT2D eigenvalue weighted by molar-refractivity contribution is 6.30. The van der Waals surface area contributed by atoms with Crippen molar-refractivity contribution < 1.29 is 8.78 Å². The maximum absolute atomic E-state index is 13.2. The zero-order valence-corrected chi connectivity index (χ0v) is 7.80. The van der Waals surface area contributed by atoms with Crippen molar-refractivity contribution in [1.82, 2.24) is 0 Å². The van der Waals surface area contributed by atoms with Crippen molar-refractivity contribution in [2.24, 2.45) is 5.11 Å². The monoisotopic (exact) mass is 217 g/mol. The van der Waals surface area contributed by atoms with Gasteiger partial charge in [-0.15, -0.1) is 0 Å². The summed E-state index contributed by atoms with van der Waals surface area (Å²) in [4.78, 5) is 2.48. The number of halogens is 3. The van der Waals surface area contributed by atoms with Crippen molar-refractivity contribution in [1.29, 1.82) is 0 Å². The molecule has 3 nitrogen and oxygen atoms in total. The lowest BCUT2D eigenvalue weighted by Crippen LogP contribution is -1.98. The first-order chi connectivity index (χ1) is 6.66. The number of nitrogens with zero attached hydrogens (tertiary/aromatic N) is 3. The second-order valence-corrected chi connectivity index (χ2v) is 2.93. The van der Waals surface area contributed by atoms with Gasteiger partial charge >= 0.3 is 0 Å². The molecule has 0 aliphatic heterocycles. The molecular formula is C8H6ClF2N3. The number of rotatable bonds is 3. The molecule has 0 fully saturated rings. The average molecular weight is 218 g/mol. The Kier molecular flexibility index (Phi) is 3.68. The topological polar surface area (TPSA) is 48.8 Å². The quantitative estimate of drug-likeness (QED) is 0.322. The van der Waals surface area contributed by atoms with Crippen LogP contribution in [0.3, 0.4) is 0 Å². The summed E-state index contributed by atoms with van der Waals surface area (Å²) >= 11 is 5.45. The molecule has 0 amide bonds. The van der Waals surface area contributed by atoms with Crippen LogP contribution in [0.1, 0.15) is 5.56 Å². The van der Waals surface area contributed by atoms with E-state index >= 15 is 0 Å². The van der Waals surface area contributed by atoms with Crippen LogP contribution in [-0.4, -0.2) is 6.54 Å². The number of hydrogen-bond acceptors (Lipinski definition) is 1. The lowest BCUT2D eigenvalue weighted by Gasteiger charge is -2.03. The van der Waals surface area contributed by atoms with Gasteiger partial charge in [-0.2, -0.15) is 0 Å². The maximum atomic E-state index is 13.2. The molecule has 0 atom stereocenters. The van der Waals surface area contributed by atoms with Gasteiger partial charge < -0.3 is 0 Å². The molecule has 1 rings (SSSR count). The Balaban J connectivity index is 2.94. The molecule has 0 spiro atoms. The Morgan fingerprint density at radius 1 is 1.43 bits per heavy atom. The molecule has 0 bridgehead atoms. The lowest BCUT2D eigenvalue weighted by molar-refractivity contribution is 0.556. The molecule has 14 heavy (non-hydrogen) atoms. The van der Waals surface area contributed by atoms with E-state index in [2.05, 4.69) is 10.0 Å². The van der Waals surface area contributed by atoms with Crippen molar-refractivity contribution in [3.05, 3.63) is 44.8 Å². The van der Waals surface area contributed by atoms with Crippen LogP contribution < -0.4 is 0 Å². The molecule has 1 aromatic rings.